The molecule has 0 saturated carbocycles. The number of nitrogens with two attached hydrogens (primary N) is 1. The average Bonchev–Trinajstić information content (AvgIpc) is 2.52. The van der Waals surface area contributed by atoms with Crippen LogP contribution in [0.5, 0.6) is 0 Å². The van der Waals surface area contributed by atoms with E-state index in [-0.39, 0.29) is 24.2 Å². The van der Waals surface area contributed by atoms with Gasteiger partial charge in [0.1, 0.15) is 12.3 Å². The molecule has 1 saturated heterocycles. The van der Waals surface area contributed by atoms with E-state index >= 15 is 0 Å². The number of aromatic nitrogens is 2. The Morgan fingerprint density at radius 3 is 3.00 bits per heavy atom. The quantitative estimate of drug-likeness (QED) is 0.853. The summed E-state index contributed by atoms with van der Waals surface area (Å²) in [5.74, 6) is -0.780. The molecule has 1 aliphatic heterocycles. The number of anilines is 1. The molecule has 0 bridgehead atoms. The molecule has 1 aliphatic rings. The molecule has 1 fully saturated rings. The highest BCUT2D eigenvalue weighted by Crippen LogP contribution is 2.21. The molecule has 2 heterocycles. The maximum Gasteiger partial charge on any atom is 0.253 e. The van der Waals surface area contributed by atoms with Crippen LogP contribution in [0.15, 0.2) is 36.7 Å². The predicted octanol–water partition coefficient (Wildman–Crippen LogP) is 1.53. The highest BCUT2D eigenvalue weighted by atomic mass is 19.1. The van der Waals surface area contributed by atoms with E-state index in [0.29, 0.717) is 24.4 Å². The Labute approximate surface area is 127 Å². The van der Waals surface area contributed by atoms with E-state index in [2.05, 4.69) is 16.5 Å². The van der Waals surface area contributed by atoms with Gasteiger partial charge in [0.2, 0.25) is 5.95 Å². The number of nitrogens with zero attached hydrogens (tertiary/aromatic N) is 3. The van der Waals surface area contributed by atoms with Crippen LogP contribution in [0.4, 0.5) is 10.3 Å². The van der Waals surface area contributed by atoms with Gasteiger partial charge in [-0.3, -0.25) is 4.79 Å². The Kier molecular flexibility index (Phi) is 5.00. The normalized spacial score (nSPS) is 16.8. The Hall–Kier alpha value is -2.54. The third kappa shape index (κ3) is 3.37. The number of halogens is 1. The van der Waals surface area contributed by atoms with Crippen LogP contribution in [0.1, 0.15) is 12.6 Å². The fourth-order valence-corrected chi connectivity index (χ4v) is 2.07. The van der Waals surface area contributed by atoms with Crippen LogP contribution in [-0.2, 0) is 9.53 Å². The number of carbonyl (C=O) groups excluding carboxylic acids is 1. The summed E-state index contributed by atoms with van der Waals surface area (Å²) >= 11 is 0. The molecular weight excluding hydrogens is 287 g/mol. The highest BCUT2D eigenvalue weighted by Gasteiger charge is 2.21. The Balaban J connectivity index is 2.39. The minimum absolute atomic E-state index is 0.0190. The maximum absolute atomic E-state index is 13.9. The first-order valence-corrected chi connectivity index (χ1v) is 6.73. The first-order valence-electron chi connectivity index (χ1n) is 6.73. The molecule has 0 spiro atoms. The van der Waals surface area contributed by atoms with Crippen LogP contribution in [0.2, 0.25) is 0 Å². The molecule has 22 heavy (non-hydrogen) atoms. The lowest BCUT2D eigenvalue weighted by Crippen LogP contribution is -2.40. The molecular formula is C15H17FN4O2. The molecule has 116 valence electrons. The number of hydrogen-bond acceptors (Lipinski definition) is 5. The number of ether oxygens (including phenoxy) is 1. The van der Waals surface area contributed by atoms with Gasteiger partial charge < -0.3 is 15.4 Å². The van der Waals surface area contributed by atoms with E-state index in [4.69, 9.17) is 10.5 Å². The summed E-state index contributed by atoms with van der Waals surface area (Å²) in [7, 11) is 0. The lowest BCUT2D eigenvalue weighted by Gasteiger charge is -2.27. The summed E-state index contributed by atoms with van der Waals surface area (Å²) in [5.41, 5.74) is 6.63. The lowest BCUT2D eigenvalue weighted by molar-refractivity contribution is -0.139. The van der Waals surface area contributed by atoms with Crippen molar-refractivity contribution < 1.29 is 13.9 Å². The van der Waals surface area contributed by atoms with Crippen LogP contribution >= 0.6 is 0 Å². The predicted molar refractivity (Wildman–Crippen MR) is 80.9 cm³/mol. The van der Waals surface area contributed by atoms with Gasteiger partial charge in [0.05, 0.1) is 12.8 Å². The maximum atomic E-state index is 13.9. The first-order chi connectivity index (χ1) is 10.6. The number of morpholine rings is 1. The van der Waals surface area contributed by atoms with Gasteiger partial charge >= 0.3 is 0 Å². The molecule has 6 nitrogen and oxygen atoms in total. The molecule has 1 amide bonds. The standard InChI is InChI=1S/C15H17FN4O2/c1-3-10(14-12(16)8-18-15(17)19-14)7-11(4-2)20-5-6-22-9-13(20)21/h3-4,7-8H,2,5-6,9H2,1H3,(H2,17,18,19)/b10-3+,11-7+. The number of nitrogen functional groups attached to an aromatic ring is 1. The lowest BCUT2D eigenvalue weighted by atomic mass is 10.1. The zero-order valence-electron chi connectivity index (χ0n) is 12.3. The molecule has 0 atom stereocenters. The van der Waals surface area contributed by atoms with Crippen molar-refractivity contribution in [2.45, 2.75) is 6.92 Å². The second-order valence-corrected chi connectivity index (χ2v) is 4.54. The summed E-state index contributed by atoms with van der Waals surface area (Å²) in [5, 5.41) is 0. The molecule has 0 aliphatic carbocycles. The van der Waals surface area contributed by atoms with Crippen LogP contribution in [0.3, 0.4) is 0 Å². The monoisotopic (exact) mass is 304 g/mol. The molecule has 0 unspecified atom stereocenters. The summed E-state index contributed by atoms with van der Waals surface area (Å²) < 4.78 is 19.0. The number of hydrogen-bond donors (Lipinski definition) is 1. The molecule has 1 aromatic heterocycles. The summed E-state index contributed by atoms with van der Waals surface area (Å²) in [6.45, 7) is 6.33. The summed E-state index contributed by atoms with van der Waals surface area (Å²) in [6, 6.07) is 0. The number of carbonyl (C=O) groups is 1. The van der Waals surface area contributed by atoms with Crippen LogP contribution in [-0.4, -0.2) is 40.5 Å². The molecule has 2 N–H and O–H groups in total. The third-order valence-electron chi connectivity index (χ3n) is 3.16. The van der Waals surface area contributed by atoms with Gasteiger partial charge in [-0.1, -0.05) is 12.7 Å². The van der Waals surface area contributed by atoms with E-state index < -0.39 is 5.82 Å². The Bertz CT molecular complexity index is 655. The number of amides is 1. The third-order valence-corrected chi connectivity index (χ3v) is 3.16. The van der Waals surface area contributed by atoms with Gasteiger partial charge in [-0.15, -0.1) is 0 Å². The Morgan fingerprint density at radius 2 is 2.36 bits per heavy atom. The second kappa shape index (κ2) is 6.95. The average molecular weight is 304 g/mol. The first kappa shape index (κ1) is 15.8. The molecule has 1 aromatic rings. The molecule has 0 aromatic carbocycles. The van der Waals surface area contributed by atoms with Gasteiger partial charge in [0.25, 0.3) is 5.91 Å². The van der Waals surface area contributed by atoms with Gasteiger partial charge in [-0.2, -0.15) is 0 Å². The minimum atomic E-state index is -0.588. The van der Waals surface area contributed by atoms with Crippen molar-refractivity contribution in [3.63, 3.8) is 0 Å². The summed E-state index contributed by atoms with van der Waals surface area (Å²) in [4.78, 5) is 21.0. The minimum Gasteiger partial charge on any atom is -0.370 e. The van der Waals surface area contributed by atoms with Crippen LogP contribution in [0, 0.1) is 5.82 Å². The van der Waals surface area contributed by atoms with Crippen molar-refractivity contribution in [3.8, 4) is 0 Å². The van der Waals surface area contributed by atoms with Crippen molar-refractivity contribution in [2.24, 2.45) is 0 Å². The van der Waals surface area contributed by atoms with Crippen molar-refractivity contribution in [1.29, 1.82) is 0 Å². The summed E-state index contributed by atoms with van der Waals surface area (Å²) in [6.07, 6.45) is 5.87. The highest BCUT2D eigenvalue weighted by molar-refractivity contribution is 5.82. The zero-order chi connectivity index (χ0) is 16.1. The molecule has 0 radical (unpaired) electrons. The van der Waals surface area contributed by atoms with Gasteiger partial charge in [-0.25, -0.2) is 14.4 Å². The van der Waals surface area contributed by atoms with Gasteiger partial charge in [0, 0.05) is 17.8 Å². The van der Waals surface area contributed by atoms with E-state index in [1.807, 2.05) is 0 Å². The Morgan fingerprint density at radius 1 is 1.59 bits per heavy atom. The smallest absolute Gasteiger partial charge is 0.253 e. The van der Waals surface area contributed by atoms with Crippen LogP contribution in [0.25, 0.3) is 5.57 Å². The largest absolute Gasteiger partial charge is 0.370 e. The second-order valence-electron chi connectivity index (χ2n) is 4.54. The van der Waals surface area contributed by atoms with E-state index in [0.717, 1.165) is 6.20 Å². The zero-order valence-corrected chi connectivity index (χ0v) is 12.3. The van der Waals surface area contributed by atoms with Crippen molar-refractivity contribution in [2.75, 3.05) is 25.5 Å². The van der Waals surface area contributed by atoms with E-state index in [1.54, 1.807) is 24.0 Å². The van der Waals surface area contributed by atoms with E-state index in [1.165, 1.54) is 6.08 Å². The van der Waals surface area contributed by atoms with Crippen molar-refractivity contribution >= 4 is 17.4 Å². The van der Waals surface area contributed by atoms with Gasteiger partial charge in [-0.05, 0) is 19.1 Å². The molecule has 7 heteroatoms. The fourth-order valence-electron chi connectivity index (χ4n) is 2.07. The number of allylic oxidation sites excluding steroid dienone is 4. The van der Waals surface area contributed by atoms with Crippen molar-refractivity contribution in [3.05, 3.63) is 48.2 Å². The molecule has 2 rings (SSSR count). The SMILES string of the molecule is C=C/C(=C\C(=C/C)c1nc(N)ncc1F)N1CCOCC1=O. The van der Waals surface area contributed by atoms with Crippen LogP contribution < -0.4 is 5.73 Å². The van der Waals surface area contributed by atoms with Gasteiger partial charge in [0.15, 0.2) is 5.82 Å². The van der Waals surface area contributed by atoms with Crippen molar-refractivity contribution in [1.82, 2.24) is 14.9 Å². The number of rotatable bonds is 4. The van der Waals surface area contributed by atoms with E-state index in [9.17, 15) is 9.18 Å². The fraction of sp³-hybridized carbons (Fsp3) is 0.267. The topological polar surface area (TPSA) is 81.3 Å².